The van der Waals surface area contributed by atoms with Gasteiger partial charge in [-0.2, -0.15) is 5.26 Å². The summed E-state index contributed by atoms with van der Waals surface area (Å²) in [5.41, 5.74) is 0. The number of ether oxygens (including phenoxy) is 1. The Bertz CT molecular complexity index is 355. The fourth-order valence-corrected chi connectivity index (χ4v) is 2.87. The molecule has 16 heavy (non-hydrogen) atoms. The lowest BCUT2D eigenvalue weighted by Crippen LogP contribution is -2.30. The van der Waals surface area contributed by atoms with Crippen LogP contribution in [0.5, 0.6) is 0 Å². The molecule has 2 rings (SSSR count). The molecule has 1 heterocycles. The Morgan fingerprint density at radius 2 is 2.44 bits per heavy atom. The highest BCUT2D eigenvalue weighted by Gasteiger charge is 2.29. The van der Waals surface area contributed by atoms with Gasteiger partial charge in [0.05, 0.1) is 24.7 Å². The Balaban J connectivity index is 1.89. The van der Waals surface area contributed by atoms with Crippen LogP contribution in [0.3, 0.4) is 0 Å². The molecule has 0 N–H and O–H groups in total. The molecule has 3 unspecified atom stereocenters. The Hall–Kier alpha value is -0.850. The van der Waals surface area contributed by atoms with E-state index in [1.54, 1.807) is 11.3 Å². The summed E-state index contributed by atoms with van der Waals surface area (Å²) in [7, 11) is 0. The second kappa shape index (κ2) is 5.47. The number of nitrogens with zero attached hydrogens (tertiary/aromatic N) is 1. The summed E-state index contributed by atoms with van der Waals surface area (Å²) >= 11 is 1.71. The van der Waals surface area contributed by atoms with E-state index in [2.05, 4.69) is 24.4 Å². The molecule has 1 saturated carbocycles. The van der Waals surface area contributed by atoms with E-state index in [4.69, 9.17) is 10.00 Å². The number of nitriles is 1. The first-order valence-corrected chi connectivity index (χ1v) is 6.71. The van der Waals surface area contributed by atoms with E-state index in [1.165, 1.54) is 4.88 Å². The quantitative estimate of drug-likeness (QED) is 0.802. The molecule has 0 bridgehead atoms. The zero-order valence-electron chi connectivity index (χ0n) is 9.56. The Labute approximate surface area is 101 Å². The summed E-state index contributed by atoms with van der Waals surface area (Å²) in [6, 6.07) is 6.50. The maximum atomic E-state index is 9.08. The van der Waals surface area contributed by atoms with Gasteiger partial charge in [-0.3, -0.25) is 0 Å². The SMILES string of the molecule is CC1CCC(C#N)C(OCc2cccs2)C1. The first kappa shape index (κ1) is 11.6. The molecule has 0 spiro atoms. The second-order valence-corrected chi connectivity index (χ2v) is 5.61. The van der Waals surface area contributed by atoms with Gasteiger partial charge in [0.15, 0.2) is 0 Å². The van der Waals surface area contributed by atoms with Crippen LogP contribution in [0.15, 0.2) is 17.5 Å². The van der Waals surface area contributed by atoms with Crippen LogP contribution in [0.25, 0.3) is 0 Å². The lowest BCUT2D eigenvalue weighted by molar-refractivity contribution is -0.0162. The lowest BCUT2D eigenvalue weighted by atomic mass is 9.81. The van der Waals surface area contributed by atoms with Crippen LogP contribution in [0.2, 0.25) is 0 Å². The van der Waals surface area contributed by atoms with E-state index in [0.717, 1.165) is 19.3 Å². The van der Waals surface area contributed by atoms with Crippen LogP contribution in [-0.4, -0.2) is 6.10 Å². The first-order chi connectivity index (χ1) is 7.79. The normalized spacial score (nSPS) is 29.9. The van der Waals surface area contributed by atoms with E-state index in [-0.39, 0.29) is 12.0 Å². The molecule has 0 aliphatic heterocycles. The van der Waals surface area contributed by atoms with Gasteiger partial charge in [-0.25, -0.2) is 0 Å². The van der Waals surface area contributed by atoms with Gasteiger partial charge in [0, 0.05) is 4.88 Å². The third-order valence-electron chi connectivity index (χ3n) is 3.24. The molecule has 3 atom stereocenters. The molecule has 1 aromatic rings. The molecule has 0 aromatic carbocycles. The van der Waals surface area contributed by atoms with Crippen LogP contribution >= 0.6 is 11.3 Å². The maximum absolute atomic E-state index is 9.08. The number of hydrogen-bond donors (Lipinski definition) is 0. The maximum Gasteiger partial charge on any atom is 0.0813 e. The minimum Gasteiger partial charge on any atom is -0.371 e. The summed E-state index contributed by atoms with van der Waals surface area (Å²) in [6.45, 7) is 2.91. The van der Waals surface area contributed by atoms with Crippen LogP contribution < -0.4 is 0 Å². The van der Waals surface area contributed by atoms with Crippen molar-refractivity contribution in [2.24, 2.45) is 11.8 Å². The number of thiophene rings is 1. The van der Waals surface area contributed by atoms with Gasteiger partial charge in [-0.15, -0.1) is 11.3 Å². The van der Waals surface area contributed by atoms with Gasteiger partial charge in [-0.05, 0) is 36.6 Å². The van der Waals surface area contributed by atoms with Gasteiger partial charge in [0.25, 0.3) is 0 Å². The van der Waals surface area contributed by atoms with Crippen molar-refractivity contribution in [1.29, 1.82) is 5.26 Å². The monoisotopic (exact) mass is 235 g/mol. The van der Waals surface area contributed by atoms with Crippen molar-refractivity contribution in [2.45, 2.75) is 38.9 Å². The zero-order chi connectivity index (χ0) is 11.4. The standard InChI is InChI=1S/C13H17NOS/c1-10-4-5-11(8-14)13(7-10)15-9-12-3-2-6-16-12/h2-3,6,10-11,13H,4-5,7,9H2,1H3. The van der Waals surface area contributed by atoms with Crippen molar-refractivity contribution in [3.63, 3.8) is 0 Å². The molecule has 3 heteroatoms. The molecular formula is C13H17NOS. The molecule has 0 amide bonds. The van der Waals surface area contributed by atoms with Gasteiger partial charge in [0.1, 0.15) is 0 Å². The van der Waals surface area contributed by atoms with Crippen molar-refractivity contribution < 1.29 is 4.74 Å². The molecule has 1 aliphatic carbocycles. The average Bonchev–Trinajstić information content (AvgIpc) is 2.79. The predicted molar refractivity (Wildman–Crippen MR) is 65.0 cm³/mol. The summed E-state index contributed by atoms with van der Waals surface area (Å²) in [4.78, 5) is 1.25. The third-order valence-corrected chi connectivity index (χ3v) is 4.09. The number of hydrogen-bond acceptors (Lipinski definition) is 3. The predicted octanol–water partition coefficient (Wildman–Crippen LogP) is 3.59. The Morgan fingerprint density at radius 3 is 3.12 bits per heavy atom. The van der Waals surface area contributed by atoms with E-state index >= 15 is 0 Å². The van der Waals surface area contributed by atoms with Gasteiger partial charge < -0.3 is 4.74 Å². The van der Waals surface area contributed by atoms with Crippen molar-refractivity contribution in [3.8, 4) is 6.07 Å². The highest BCUT2D eigenvalue weighted by molar-refractivity contribution is 7.09. The molecule has 0 saturated heterocycles. The van der Waals surface area contributed by atoms with Crippen LogP contribution in [0, 0.1) is 23.2 Å². The van der Waals surface area contributed by atoms with Gasteiger partial charge >= 0.3 is 0 Å². The van der Waals surface area contributed by atoms with Crippen LogP contribution in [0.4, 0.5) is 0 Å². The minimum absolute atomic E-state index is 0.0937. The van der Waals surface area contributed by atoms with Crippen molar-refractivity contribution >= 4 is 11.3 Å². The van der Waals surface area contributed by atoms with Crippen molar-refractivity contribution in [1.82, 2.24) is 0 Å². The molecule has 2 nitrogen and oxygen atoms in total. The highest BCUT2D eigenvalue weighted by atomic mass is 32.1. The lowest BCUT2D eigenvalue weighted by Gasteiger charge is -2.30. The molecule has 86 valence electrons. The largest absolute Gasteiger partial charge is 0.371 e. The van der Waals surface area contributed by atoms with Crippen LogP contribution in [0.1, 0.15) is 31.1 Å². The second-order valence-electron chi connectivity index (χ2n) is 4.58. The van der Waals surface area contributed by atoms with Crippen molar-refractivity contribution in [3.05, 3.63) is 22.4 Å². The van der Waals surface area contributed by atoms with Gasteiger partial charge in [-0.1, -0.05) is 13.0 Å². The molecule has 1 aliphatic rings. The molecule has 0 radical (unpaired) electrons. The third kappa shape index (κ3) is 2.84. The van der Waals surface area contributed by atoms with E-state index in [0.29, 0.717) is 12.5 Å². The molecule has 1 fully saturated rings. The van der Waals surface area contributed by atoms with Crippen molar-refractivity contribution in [2.75, 3.05) is 0 Å². The topological polar surface area (TPSA) is 33.0 Å². The summed E-state index contributed by atoms with van der Waals surface area (Å²) in [5, 5.41) is 11.1. The molecule has 1 aromatic heterocycles. The van der Waals surface area contributed by atoms with E-state index < -0.39 is 0 Å². The summed E-state index contributed by atoms with van der Waals surface area (Å²) in [6.07, 6.45) is 3.32. The fourth-order valence-electron chi connectivity index (χ4n) is 2.24. The smallest absolute Gasteiger partial charge is 0.0813 e. The molecular weight excluding hydrogens is 218 g/mol. The van der Waals surface area contributed by atoms with Gasteiger partial charge in [0.2, 0.25) is 0 Å². The van der Waals surface area contributed by atoms with E-state index in [9.17, 15) is 0 Å². The fraction of sp³-hybridized carbons (Fsp3) is 0.615. The zero-order valence-corrected chi connectivity index (χ0v) is 10.4. The highest BCUT2D eigenvalue weighted by Crippen LogP contribution is 2.31. The Morgan fingerprint density at radius 1 is 1.56 bits per heavy atom. The Kier molecular flexibility index (Phi) is 3.98. The average molecular weight is 235 g/mol. The first-order valence-electron chi connectivity index (χ1n) is 5.83. The summed E-state index contributed by atoms with van der Waals surface area (Å²) < 4.78 is 5.89. The minimum atomic E-state index is 0.0937. The van der Waals surface area contributed by atoms with E-state index in [1.807, 2.05) is 6.07 Å². The van der Waals surface area contributed by atoms with Crippen LogP contribution in [-0.2, 0) is 11.3 Å². The number of rotatable bonds is 3. The summed E-state index contributed by atoms with van der Waals surface area (Å²) in [5.74, 6) is 0.786.